The first-order valence-electron chi connectivity index (χ1n) is 11.2. The van der Waals surface area contributed by atoms with Crippen molar-refractivity contribution in [3.05, 3.63) is 94.1 Å². The van der Waals surface area contributed by atoms with Crippen LogP contribution < -0.4 is 0 Å². The minimum Gasteiger partial charge on any atom is -0.465 e. The van der Waals surface area contributed by atoms with Crippen molar-refractivity contribution >= 4 is 34.3 Å². The second kappa shape index (κ2) is 10.3. The van der Waals surface area contributed by atoms with E-state index >= 15 is 0 Å². The van der Waals surface area contributed by atoms with Gasteiger partial charge in [-0.2, -0.15) is 0 Å². The van der Waals surface area contributed by atoms with E-state index in [2.05, 4.69) is 9.97 Å². The van der Waals surface area contributed by atoms with Gasteiger partial charge in [-0.05, 0) is 32.0 Å². The molecule has 2 heterocycles. The largest absolute Gasteiger partial charge is 0.465 e. The maximum atomic E-state index is 13.2. The van der Waals surface area contributed by atoms with Crippen LogP contribution in [0.4, 0.5) is 5.69 Å². The molecule has 0 saturated carbocycles. The summed E-state index contributed by atoms with van der Waals surface area (Å²) in [6.45, 7) is 3.31. The van der Waals surface area contributed by atoms with Gasteiger partial charge in [-0.1, -0.05) is 30.3 Å². The number of fused-ring (bicyclic) bond motifs is 1. The number of nitrogens with zero attached hydrogens (tertiary/aromatic N) is 4. The van der Waals surface area contributed by atoms with Crippen LogP contribution in [0, 0.1) is 23.0 Å². The molecule has 0 fully saturated rings. The molecule has 182 valence electrons. The van der Waals surface area contributed by atoms with Gasteiger partial charge in [-0.3, -0.25) is 34.0 Å². The van der Waals surface area contributed by atoms with Crippen molar-refractivity contribution in [2.75, 3.05) is 6.61 Å². The number of aryl methyl sites for hydroxylation is 1. The van der Waals surface area contributed by atoms with E-state index in [4.69, 9.17) is 4.74 Å². The minimum absolute atomic E-state index is 0.0206. The van der Waals surface area contributed by atoms with Crippen LogP contribution in [0.2, 0.25) is 0 Å². The van der Waals surface area contributed by atoms with Gasteiger partial charge < -0.3 is 4.74 Å². The van der Waals surface area contributed by atoms with Crippen molar-refractivity contribution in [1.82, 2.24) is 14.5 Å². The number of ketones is 2. The molecule has 0 spiro atoms. The highest BCUT2D eigenvalue weighted by atomic mass is 16.6. The van der Waals surface area contributed by atoms with Crippen molar-refractivity contribution in [2.24, 2.45) is 5.92 Å². The third-order valence-electron chi connectivity index (χ3n) is 5.68. The Morgan fingerprint density at radius 1 is 1.11 bits per heavy atom. The molecule has 2 aromatic carbocycles. The zero-order chi connectivity index (χ0) is 25.8. The molecule has 10 heteroatoms. The molecule has 0 N–H and O–H groups in total. The first kappa shape index (κ1) is 24.4. The van der Waals surface area contributed by atoms with Crippen LogP contribution in [0.25, 0.3) is 16.7 Å². The smallest absolute Gasteiger partial charge is 0.324 e. The number of nitro groups is 1. The quantitative estimate of drug-likeness (QED) is 0.115. The average Bonchev–Trinajstić information content (AvgIpc) is 3.20. The zero-order valence-corrected chi connectivity index (χ0v) is 19.6. The topological polar surface area (TPSA) is 134 Å². The molecule has 36 heavy (non-hydrogen) atoms. The van der Waals surface area contributed by atoms with Crippen molar-refractivity contribution < 1.29 is 24.0 Å². The lowest BCUT2D eigenvalue weighted by molar-refractivity contribution is -0.385. The van der Waals surface area contributed by atoms with Crippen LogP contribution in [-0.2, 0) is 20.7 Å². The van der Waals surface area contributed by atoms with E-state index in [0.29, 0.717) is 17.0 Å². The van der Waals surface area contributed by atoms with Gasteiger partial charge in [0.05, 0.1) is 28.9 Å². The van der Waals surface area contributed by atoms with Crippen molar-refractivity contribution in [1.29, 1.82) is 0 Å². The molecule has 10 nitrogen and oxygen atoms in total. The van der Waals surface area contributed by atoms with E-state index in [0.717, 1.165) is 5.52 Å². The Labute approximate surface area is 205 Å². The van der Waals surface area contributed by atoms with Gasteiger partial charge >= 0.3 is 5.97 Å². The zero-order valence-electron chi connectivity index (χ0n) is 19.6. The molecule has 0 aliphatic heterocycles. The average molecular weight is 486 g/mol. The fourth-order valence-electron chi connectivity index (χ4n) is 4.06. The Balaban J connectivity index is 1.70. The van der Waals surface area contributed by atoms with E-state index in [1.807, 2.05) is 0 Å². The van der Waals surface area contributed by atoms with Crippen molar-refractivity contribution in [3.8, 4) is 5.69 Å². The second-order valence-corrected chi connectivity index (χ2v) is 7.99. The van der Waals surface area contributed by atoms with Crippen LogP contribution in [0.15, 0.2) is 67.0 Å². The number of carbonyl (C=O) groups is 3. The number of hydrogen-bond donors (Lipinski definition) is 0. The lowest BCUT2D eigenvalue weighted by atomic mass is 9.90. The number of hydrogen-bond acceptors (Lipinski definition) is 8. The summed E-state index contributed by atoms with van der Waals surface area (Å²) in [5, 5.41) is 11.9. The summed E-state index contributed by atoms with van der Waals surface area (Å²) in [5.41, 5.74) is 1.76. The summed E-state index contributed by atoms with van der Waals surface area (Å²) in [6.07, 6.45) is 2.70. The van der Waals surface area contributed by atoms with Gasteiger partial charge in [-0.15, -0.1) is 0 Å². The van der Waals surface area contributed by atoms with Crippen molar-refractivity contribution in [3.63, 3.8) is 0 Å². The highest BCUT2D eigenvalue weighted by molar-refractivity contribution is 6.22. The Morgan fingerprint density at radius 2 is 1.86 bits per heavy atom. The van der Waals surface area contributed by atoms with E-state index in [1.54, 1.807) is 61.1 Å². The molecule has 0 bridgehead atoms. The molecular formula is C26H22N4O6. The molecule has 4 aromatic rings. The van der Waals surface area contributed by atoms with Gasteiger partial charge in [0, 0.05) is 29.8 Å². The number of rotatable bonds is 9. The van der Waals surface area contributed by atoms with Gasteiger partial charge in [0.25, 0.3) is 5.69 Å². The van der Waals surface area contributed by atoms with Crippen LogP contribution in [0.1, 0.15) is 28.7 Å². The fraction of sp³-hybridized carbons (Fsp3) is 0.192. The molecule has 0 aliphatic rings. The number of aromatic nitrogens is 3. The Morgan fingerprint density at radius 3 is 2.56 bits per heavy atom. The lowest BCUT2D eigenvalue weighted by Crippen LogP contribution is -2.34. The molecule has 0 radical (unpaired) electrons. The molecule has 0 saturated heterocycles. The van der Waals surface area contributed by atoms with Gasteiger partial charge in [0.1, 0.15) is 11.3 Å². The summed E-state index contributed by atoms with van der Waals surface area (Å²) >= 11 is 0. The highest BCUT2D eigenvalue weighted by Crippen LogP contribution is 2.28. The lowest BCUT2D eigenvalue weighted by Gasteiger charge is -2.14. The maximum absolute atomic E-state index is 13.2. The normalized spacial score (nSPS) is 11.7. The standard InChI is InChI=1S/C26H22N4O6/c1-3-36-26(33)24(25(32)17-7-5-4-6-8-17)23(31)13-18-9-10-19(14-22(18)30(34)35)29-16(2)28-20-15-27-12-11-21(20)29/h4-12,14-15,24H,3,13H2,1-2H3. The van der Waals surface area contributed by atoms with E-state index < -0.39 is 34.8 Å². The summed E-state index contributed by atoms with van der Waals surface area (Å²) < 4.78 is 6.72. The first-order valence-corrected chi connectivity index (χ1v) is 11.2. The Hall–Kier alpha value is -4.73. The van der Waals surface area contributed by atoms with Gasteiger partial charge in [0.2, 0.25) is 0 Å². The number of imidazole rings is 1. The molecular weight excluding hydrogens is 464 g/mol. The van der Waals surface area contributed by atoms with Gasteiger partial charge in [-0.25, -0.2) is 4.98 Å². The van der Waals surface area contributed by atoms with E-state index in [-0.39, 0.29) is 23.4 Å². The number of benzene rings is 2. The summed E-state index contributed by atoms with van der Waals surface area (Å²) in [4.78, 5) is 58.6. The highest BCUT2D eigenvalue weighted by Gasteiger charge is 2.36. The fourth-order valence-corrected chi connectivity index (χ4v) is 4.06. The first-order chi connectivity index (χ1) is 17.3. The predicted molar refractivity (Wildman–Crippen MR) is 130 cm³/mol. The molecule has 0 aliphatic carbocycles. The number of pyridine rings is 1. The van der Waals surface area contributed by atoms with Crippen LogP contribution in [0.5, 0.6) is 0 Å². The number of ether oxygens (including phenoxy) is 1. The van der Waals surface area contributed by atoms with Crippen molar-refractivity contribution in [2.45, 2.75) is 20.3 Å². The second-order valence-electron chi connectivity index (χ2n) is 7.99. The summed E-state index contributed by atoms with van der Waals surface area (Å²) in [6, 6.07) is 14.1. The Kier molecular flexibility index (Phi) is 6.95. The van der Waals surface area contributed by atoms with Gasteiger partial charge in [0.15, 0.2) is 17.5 Å². The summed E-state index contributed by atoms with van der Waals surface area (Å²) in [7, 11) is 0. The molecule has 1 unspecified atom stereocenters. The molecule has 1 atom stereocenters. The summed E-state index contributed by atoms with van der Waals surface area (Å²) in [5.74, 6) is -3.60. The number of carbonyl (C=O) groups excluding carboxylic acids is 3. The van der Waals surface area contributed by atoms with E-state index in [9.17, 15) is 24.5 Å². The minimum atomic E-state index is -1.72. The SMILES string of the molecule is CCOC(=O)C(C(=O)Cc1ccc(-n2c(C)nc3cnccc32)cc1[N+](=O)[O-])C(=O)c1ccccc1. The van der Waals surface area contributed by atoms with E-state index in [1.165, 1.54) is 24.3 Å². The maximum Gasteiger partial charge on any atom is 0.324 e. The third-order valence-corrected chi connectivity index (χ3v) is 5.68. The van der Waals surface area contributed by atoms with Crippen LogP contribution in [0.3, 0.4) is 0 Å². The van der Waals surface area contributed by atoms with Crippen LogP contribution >= 0.6 is 0 Å². The predicted octanol–water partition coefficient (Wildman–Crippen LogP) is 3.81. The number of nitro benzene ring substituents is 1. The Bertz CT molecular complexity index is 1480. The monoisotopic (exact) mass is 486 g/mol. The van der Waals surface area contributed by atoms with Crippen LogP contribution in [-0.4, -0.2) is 43.6 Å². The molecule has 2 aromatic heterocycles. The number of esters is 1. The third kappa shape index (κ3) is 4.74. The molecule has 4 rings (SSSR count). The molecule has 0 amide bonds. The number of Topliss-reactive ketones (excluding diaryl/α,β-unsaturated/α-hetero) is 2.